The van der Waals surface area contributed by atoms with E-state index in [2.05, 4.69) is 20.7 Å². The van der Waals surface area contributed by atoms with Crippen LogP contribution in [-0.2, 0) is 20.7 Å². The second-order valence-corrected chi connectivity index (χ2v) is 4.45. The summed E-state index contributed by atoms with van der Waals surface area (Å²) < 4.78 is 5.42. The summed E-state index contributed by atoms with van der Waals surface area (Å²) in [6, 6.07) is 5.47. The maximum atomic E-state index is 11.0. The van der Waals surface area contributed by atoms with E-state index in [1.807, 2.05) is 12.1 Å². The number of aryl methyl sites for hydroxylation is 1. The van der Waals surface area contributed by atoms with E-state index in [1.165, 1.54) is 13.2 Å². The molecule has 1 rings (SSSR count). The molecule has 0 heterocycles. The molecule has 0 aliphatic rings. The number of ether oxygens (including phenoxy) is 1. The van der Waals surface area contributed by atoms with E-state index in [9.17, 15) is 9.59 Å². The number of halogens is 1. The lowest BCUT2D eigenvalue weighted by Crippen LogP contribution is -2.02. The largest absolute Gasteiger partial charge is 0.478 e. The average Bonchev–Trinajstić information content (AvgIpc) is 2.34. The zero-order chi connectivity index (χ0) is 13.5. The van der Waals surface area contributed by atoms with Crippen LogP contribution in [0.2, 0.25) is 0 Å². The molecule has 0 fully saturated rings. The fourth-order valence-electron chi connectivity index (χ4n) is 1.38. The van der Waals surface area contributed by atoms with Crippen molar-refractivity contribution < 1.29 is 19.4 Å². The molecule has 0 aliphatic heterocycles. The smallest absolute Gasteiger partial charge is 0.328 e. The fourth-order valence-corrected chi connectivity index (χ4v) is 1.97. The van der Waals surface area contributed by atoms with E-state index in [1.54, 1.807) is 6.07 Å². The topological polar surface area (TPSA) is 63.6 Å². The average molecular weight is 313 g/mol. The number of aliphatic carboxylic acids is 1. The van der Waals surface area contributed by atoms with Crippen molar-refractivity contribution in [3.8, 4) is 0 Å². The second kappa shape index (κ2) is 6.96. The summed E-state index contributed by atoms with van der Waals surface area (Å²) in [6.07, 6.45) is 3.49. The minimum atomic E-state index is -0.985. The van der Waals surface area contributed by atoms with Gasteiger partial charge in [-0.25, -0.2) is 4.79 Å². The SMILES string of the molecule is COC(=O)CCc1ccc(/C=C/C(=O)O)cc1Br. The number of hydrogen-bond acceptors (Lipinski definition) is 3. The van der Waals surface area contributed by atoms with Crippen molar-refractivity contribution in [2.24, 2.45) is 0 Å². The van der Waals surface area contributed by atoms with Crippen molar-refractivity contribution in [1.29, 1.82) is 0 Å². The Hall–Kier alpha value is -1.62. The van der Waals surface area contributed by atoms with Gasteiger partial charge in [-0.1, -0.05) is 28.1 Å². The molecular formula is C13H13BrO4. The van der Waals surface area contributed by atoms with Gasteiger partial charge in [-0.3, -0.25) is 4.79 Å². The van der Waals surface area contributed by atoms with Crippen LogP contribution in [0.5, 0.6) is 0 Å². The summed E-state index contributed by atoms with van der Waals surface area (Å²) in [5.41, 5.74) is 1.76. The molecule has 0 aromatic heterocycles. The zero-order valence-corrected chi connectivity index (χ0v) is 11.4. The normalized spacial score (nSPS) is 10.6. The molecular weight excluding hydrogens is 300 g/mol. The van der Waals surface area contributed by atoms with Crippen molar-refractivity contribution in [1.82, 2.24) is 0 Å². The lowest BCUT2D eigenvalue weighted by molar-refractivity contribution is -0.140. The Morgan fingerprint density at radius 1 is 1.44 bits per heavy atom. The number of esters is 1. The van der Waals surface area contributed by atoms with E-state index in [0.29, 0.717) is 12.8 Å². The van der Waals surface area contributed by atoms with Crippen molar-refractivity contribution in [3.63, 3.8) is 0 Å². The van der Waals surface area contributed by atoms with Crippen molar-refractivity contribution in [2.45, 2.75) is 12.8 Å². The molecule has 18 heavy (non-hydrogen) atoms. The predicted octanol–water partition coefficient (Wildman–Crippen LogP) is 2.65. The quantitative estimate of drug-likeness (QED) is 0.670. The van der Waals surface area contributed by atoms with E-state index >= 15 is 0 Å². The molecule has 0 atom stereocenters. The van der Waals surface area contributed by atoms with E-state index in [0.717, 1.165) is 21.7 Å². The van der Waals surface area contributed by atoms with Crippen LogP contribution in [0.15, 0.2) is 28.7 Å². The highest BCUT2D eigenvalue weighted by Crippen LogP contribution is 2.21. The first kappa shape index (κ1) is 14.4. The number of carbonyl (C=O) groups excluding carboxylic acids is 1. The molecule has 0 amide bonds. The third kappa shape index (κ3) is 4.71. The second-order valence-electron chi connectivity index (χ2n) is 3.60. The molecule has 1 N–H and O–H groups in total. The predicted molar refractivity (Wildman–Crippen MR) is 71.1 cm³/mol. The maximum absolute atomic E-state index is 11.0. The minimum absolute atomic E-state index is 0.253. The first-order chi connectivity index (χ1) is 8.52. The van der Waals surface area contributed by atoms with E-state index in [4.69, 9.17) is 5.11 Å². The van der Waals surface area contributed by atoms with Crippen molar-refractivity contribution in [2.75, 3.05) is 7.11 Å². The highest BCUT2D eigenvalue weighted by atomic mass is 79.9. The molecule has 4 nitrogen and oxygen atoms in total. The summed E-state index contributed by atoms with van der Waals surface area (Å²) in [6.45, 7) is 0. The van der Waals surface area contributed by atoms with Crippen LogP contribution >= 0.6 is 15.9 Å². The van der Waals surface area contributed by atoms with Crippen LogP contribution in [0, 0.1) is 0 Å². The van der Waals surface area contributed by atoms with Gasteiger partial charge in [0.25, 0.3) is 0 Å². The molecule has 0 bridgehead atoms. The number of benzene rings is 1. The first-order valence-corrected chi connectivity index (χ1v) is 6.08. The van der Waals surface area contributed by atoms with Crippen LogP contribution in [0.4, 0.5) is 0 Å². The van der Waals surface area contributed by atoms with Crippen molar-refractivity contribution >= 4 is 33.9 Å². The molecule has 5 heteroatoms. The molecule has 0 unspecified atom stereocenters. The minimum Gasteiger partial charge on any atom is -0.478 e. The number of carboxylic acid groups (broad SMARTS) is 1. The molecule has 0 aliphatic carbocycles. The Morgan fingerprint density at radius 2 is 2.17 bits per heavy atom. The summed E-state index contributed by atoms with van der Waals surface area (Å²) >= 11 is 3.39. The van der Waals surface area contributed by atoms with Gasteiger partial charge in [0.1, 0.15) is 0 Å². The van der Waals surface area contributed by atoms with Crippen LogP contribution in [0.1, 0.15) is 17.5 Å². The molecule has 0 saturated heterocycles. The Balaban J connectivity index is 2.73. The Kier molecular flexibility index (Phi) is 5.58. The first-order valence-electron chi connectivity index (χ1n) is 5.29. The molecule has 0 saturated carbocycles. The van der Waals surface area contributed by atoms with Crippen LogP contribution in [0.25, 0.3) is 6.08 Å². The Morgan fingerprint density at radius 3 is 2.72 bits per heavy atom. The zero-order valence-electron chi connectivity index (χ0n) is 9.85. The standard InChI is InChI=1S/C13H13BrO4/c1-18-13(17)7-5-10-4-2-9(8-11(10)14)3-6-12(15)16/h2-4,6,8H,5,7H2,1H3,(H,15,16)/b6-3+. The van der Waals surface area contributed by atoms with Gasteiger partial charge in [-0.15, -0.1) is 0 Å². The summed E-state index contributed by atoms with van der Waals surface area (Å²) in [4.78, 5) is 21.4. The highest BCUT2D eigenvalue weighted by Gasteiger charge is 2.05. The number of carboxylic acids is 1. The third-order valence-electron chi connectivity index (χ3n) is 2.32. The van der Waals surface area contributed by atoms with Gasteiger partial charge >= 0.3 is 11.9 Å². The summed E-state index contributed by atoms with van der Waals surface area (Å²) in [5.74, 6) is -1.24. The van der Waals surface area contributed by atoms with Gasteiger partial charge in [0, 0.05) is 17.0 Å². The number of hydrogen-bond donors (Lipinski definition) is 1. The van der Waals surface area contributed by atoms with Gasteiger partial charge in [0.2, 0.25) is 0 Å². The van der Waals surface area contributed by atoms with E-state index in [-0.39, 0.29) is 5.97 Å². The summed E-state index contributed by atoms with van der Waals surface area (Å²) in [7, 11) is 1.36. The number of rotatable bonds is 5. The lowest BCUT2D eigenvalue weighted by atomic mass is 10.1. The molecule has 1 aromatic carbocycles. The molecule has 0 spiro atoms. The maximum Gasteiger partial charge on any atom is 0.328 e. The van der Waals surface area contributed by atoms with Gasteiger partial charge < -0.3 is 9.84 Å². The van der Waals surface area contributed by atoms with Gasteiger partial charge in [-0.2, -0.15) is 0 Å². The van der Waals surface area contributed by atoms with Gasteiger partial charge in [0.15, 0.2) is 0 Å². The molecule has 96 valence electrons. The molecule has 1 aromatic rings. The van der Waals surface area contributed by atoms with Crippen LogP contribution in [0.3, 0.4) is 0 Å². The monoisotopic (exact) mass is 312 g/mol. The summed E-state index contributed by atoms with van der Waals surface area (Å²) in [5, 5.41) is 8.52. The Labute approximate surface area is 113 Å². The van der Waals surface area contributed by atoms with Gasteiger partial charge in [0.05, 0.1) is 7.11 Å². The number of methoxy groups -OCH3 is 1. The third-order valence-corrected chi connectivity index (χ3v) is 3.06. The molecule has 0 radical (unpaired) electrons. The Bertz CT molecular complexity index is 480. The highest BCUT2D eigenvalue weighted by molar-refractivity contribution is 9.10. The lowest BCUT2D eigenvalue weighted by Gasteiger charge is -2.04. The van der Waals surface area contributed by atoms with Crippen molar-refractivity contribution in [3.05, 3.63) is 39.9 Å². The van der Waals surface area contributed by atoms with Gasteiger partial charge in [-0.05, 0) is 29.7 Å². The van der Waals surface area contributed by atoms with Crippen LogP contribution < -0.4 is 0 Å². The number of carbonyl (C=O) groups is 2. The van der Waals surface area contributed by atoms with E-state index < -0.39 is 5.97 Å². The fraction of sp³-hybridized carbons (Fsp3) is 0.231. The van der Waals surface area contributed by atoms with Crippen LogP contribution in [-0.4, -0.2) is 24.2 Å².